The fourth-order valence-corrected chi connectivity index (χ4v) is 5.73. The molecule has 1 N–H and O–H groups in total. The zero-order chi connectivity index (χ0) is 16.5. The Morgan fingerprint density at radius 2 is 1.96 bits per heavy atom. The molecule has 2 bridgehead atoms. The summed E-state index contributed by atoms with van der Waals surface area (Å²) >= 11 is 6.39. The van der Waals surface area contributed by atoms with E-state index >= 15 is 0 Å². The second kappa shape index (κ2) is 5.12. The Hall–Kier alpha value is -1.26. The van der Waals surface area contributed by atoms with E-state index < -0.39 is 0 Å². The molecular formula is C19H25ClN3O+. The second-order valence-corrected chi connectivity index (χ2v) is 8.64. The van der Waals surface area contributed by atoms with Gasteiger partial charge in [0.25, 0.3) is 0 Å². The van der Waals surface area contributed by atoms with Crippen LogP contribution in [-0.2, 0) is 0 Å². The topological polar surface area (TPSA) is 38.1 Å². The monoisotopic (exact) mass is 346 g/mol. The highest BCUT2D eigenvalue weighted by Gasteiger charge is 2.62. The first-order valence-electron chi connectivity index (χ1n) is 9.31. The molecule has 4 nitrogen and oxygen atoms in total. The highest BCUT2D eigenvalue weighted by molar-refractivity contribution is 6.32. The molecule has 0 radical (unpaired) electrons. The van der Waals surface area contributed by atoms with Gasteiger partial charge in [-0.25, -0.2) is 0 Å². The number of hydrogen-bond donors (Lipinski definition) is 1. The molecule has 1 atom stereocenters. The first kappa shape index (κ1) is 15.0. The minimum atomic E-state index is 0.318. The number of anilines is 1. The molecule has 3 saturated heterocycles. The Bertz CT molecular complexity index is 787. The quantitative estimate of drug-likeness (QED) is 0.644. The standard InChI is InChI=1S/C19H25ClN3O/c1-11(2)16-15(20)8-7-14-17(16)24-22-18(14)21-19-12-3-5-13(6-4-12)23(19)9-10-23/h7-8,11-13,19H,3-6,9-10H2,1-2H3,(H,21,22)/q+1. The first-order valence-corrected chi connectivity index (χ1v) is 9.69. The lowest BCUT2D eigenvalue weighted by atomic mass is 9.77. The van der Waals surface area contributed by atoms with Crippen molar-refractivity contribution in [3.05, 3.63) is 22.7 Å². The number of nitrogens with one attached hydrogen (secondary N) is 1. The summed E-state index contributed by atoms with van der Waals surface area (Å²) in [6.07, 6.45) is 6.07. The Balaban J connectivity index is 1.53. The molecule has 5 heteroatoms. The summed E-state index contributed by atoms with van der Waals surface area (Å²) in [6, 6.07) is 4.90. The van der Waals surface area contributed by atoms with Crippen LogP contribution in [0.25, 0.3) is 11.0 Å². The van der Waals surface area contributed by atoms with Crippen LogP contribution in [0.15, 0.2) is 16.7 Å². The molecule has 1 aromatic carbocycles. The number of aromatic nitrogens is 1. The summed E-state index contributed by atoms with van der Waals surface area (Å²) in [6.45, 7) is 6.95. The highest BCUT2D eigenvalue weighted by atomic mass is 35.5. The number of halogens is 1. The predicted molar refractivity (Wildman–Crippen MR) is 96.3 cm³/mol. The van der Waals surface area contributed by atoms with Gasteiger partial charge >= 0.3 is 0 Å². The third-order valence-corrected chi connectivity index (χ3v) is 7.03. The summed E-state index contributed by atoms with van der Waals surface area (Å²) in [5, 5.41) is 10.0. The van der Waals surface area contributed by atoms with Crippen molar-refractivity contribution in [3.63, 3.8) is 0 Å². The van der Waals surface area contributed by atoms with E-state index in [4.69, 9.17) is 16.1 Å². The van der Waals surface area contributed by atoms with Crippen molar-refractivity contribution >= 4 is 28.4 Å². The number of fused-ring (bicyclic) bond motifs is 3. The lowest BCUT2D eigenvalue weighted by molar-refractivity contribution is -0.868. The molecule has 1 aromatic heterocycles. The minimum absolute atomic E-state index is 0.318. The van der Waals surface area contributed by atoms with Gasteiger partial charge in [-0.05, 0) is 30.9 Å². The van der Waals surface area contributed by atoms with Crippen LogP contribution in [0, 0.1) is 5.92 Å². The smallest absolute Gasteiger partial charge is 0.181 e. The van der Waals surface area contributed by atoms with E-state index in [-0.39, 0.29) is 0 Å². The summed E-state index contributed by atoms with van der Waals surface area (Å²) in [4.78, 5) is 0. The van der Waals surface area contributed by atoms with E-state index in [9.17, 15) is 0 Å². The van der Waals surface area contributed by atoms with Crippen LogP contribution in [0.3, 0.4) is 0 Å². The van der Waals surface area contributed by atoms with Crippen molar-refractivity contribution in [1.29, 1.82) is 0 Å². The fourth-order valence-electron chi connectivity index (χ4n) is 5.37. The number of rotatable bonds is 3. The third kappa shape index (κ3) is 1.99. The van der Waals surface area contributed by atoms with Crippen LogP contribution >= 0.6 is 11.6 Å². The summed E-state index contributed by atoms with van der Waals surface area (Å²) in [7, 11) is 0. The maximum atomic E-state index is 6.39. The minimum Gasteiger partial charge on any atom is -0.354 e. The SMILES string of the molecule is CC(C)c1c(Cl)ccc2c(NC3C4CCC(CC4)[N+]34CC4)noc12. The van der Waals surface area contributed by atoms with Gasteiger partial charge < -0.3 is 9.84 Å². The predicted octanol–water partition coefficient (Wildman–Crippen LogP) is 4.75. The van der Waals surface area contributed by atoms with Gasteiger partial charge in [0.05, 0.1) is 11.4 Å². The lowest BCUT2D eigenvalue weighted by Gasteiger charge is -2.49. The maximum Gasteiger partial charge on any atom is 0.181 e. The van der Waals surface area contributed by atoms with Gasteiger partial charge in [-0.2, -0.15) is 0 Å². The zero-order valence-corrected chi connectivity index (χ0v) is 15.1. The summed E-state index contributed by atoms with van der Waals surface area (Å²) < 4.78 is 7.01. The molecule has 128 valence electrons. The van der Waals surface area contributed by atoms with Gasteiger partial charge in [-0.3, -0.25) is 4.48 Å². The van der Waals surface area contributed by atoms with Crippen LogP contribution in [0.5, 0.6) is 0 Å². The third-order valence-electron chi connectivity index (χ3n) is 6.70. The van der Waals surface area contributed by atoms with Crippen LogP contribution in [0.4, 0.5) is 5.82 Å². The van der Waals surface area contributed by atoms with Crippen molar-refractivity contribution in [2.45, 2.75) is 57.7 Å². The van der Waals surface area contributed by atoms with Gasteiger partial charge in [0.15, 0.2) is 17.6 Å². The van der Waals surface area contributed by atoms with E-state index in [1.165, 1.54) is 43.3 Å². The zero-order valence-electron chi connectivity index (χ0n) is 14.4. The number of hydrogen-bond acceptors (Lipinski definition) is 3. The van der Waals surface area contributed by atoms with Gasteiger partial charge in [0.2, 0.25) is 0 Å². The van der Waals surface area contributed by atoms with Crippen molar-refractivity contribution < 1.29 is 9.01 Å². The van der Waals surface area contributed by atoms with Crippen molar-refractivity contribution in [2.24, 2.45) is 5.92 Å². The molecule has 24 heavy (non-hydrogen) atoms. The number of nitrogens with zero attached hydrogens (tertiary/aromatic N) is 2. The van der Waals surface area contributed by atoms with E-state index in [0.717, 1.165) is 39.3 Å². The highest BCUT2D eigenvalue weighted by Crippen LogP contribution is 2.50. The van der Waals surface area contributed by atoms with Crippen molar-refractivity contribution in [1.82, 2.24) is 5.16 Å². The molecule has 1 aliphatic carbocycles. The molecule has 3 aliphatic heterocycles. The van der Waals surface area contributed by atoms with Crippen LogP contribution < -0.4 is 5.32 Å². The van der Waals surface area contributed by atoms with Crippen molar-refractivity contribution in [3.8, 4) is 0 Å². The average Bonchev–Trinajstić information content (AvgIpc) is 3.25. The molecule has 6 rings (SSSR count). The number of benzene rings is 1. The van der Waals surface area contributed by atoms with Gasteiger partial charge in [0, 0.05) is 29.3 Å². The fraction of sp³-hybridized carbons (Fsp3) is 0.632. The van der Waals surface area contributed by atoms with Crippen molar-refractivity contribution in [2.75, 3.05) is 18.4 Å². The Morgan fingerprint density at radius 3 is 2.62 bits per heavy atom. The molecule has 0 amide bonds. The number of quaternary nitrogens is 1. The van der Waals surface area contributed by atoms with Crippen LogP contribution in [0.2, 0.25) is 5.02 Å². The molecule has 4 fully saturated rings. The normalized spacial score (nSPS) is 30.4. The molecule has 2 aromatic rings. The van der Waals surface area contributed by atoms with Gasteiger partial charge in [-0.15, -0.1) is 0 Å². The largest absolute Gasteiger partial charge is 0.354 e. The Morgan fingerprint density at radius 1 is 1.21 bits per heavy atom. The van der Waals surface area contributed by atoms with Gasteiger partial charge in [0.1, 0.15) is 13.1 Å². The lowest BCUT2D eigenvalue weighted by Crippen LogP contribution is -2.60. The average molecular weight is 347 g/mol. The number of piperidine rings is 2. The van der Waals surface area contributed by atoms with E-state index in [0.29, 0.717) is 12.1 Å². The van der Waals surface area contributed by atoms with E-state index in [2.05, 4.69) is 30.4 Å². The Labute approximate surface area is 147 Å². The Kier molecular flexibility index (Phi) is 3.21. The molecule has 1 saturated carbocycles. The second-order valence-electron chi connectivity index (χ2n) is 8.23. The van der Waals surface area contributed by atoms with Crippen LogP contribution in [0.1, 0.15) is 51.0 Å². The maximum absolute atomic E-state index is 6.39. The molecule has 1 spiro atoms. The molecular weight excluding hydrogens is 322 g/mol. The van der Waals surface area contributed by atoms with Gasteiger partial charge in [-0.1, -0.05) is 30.6 Å². The van der Waals surface area contributed by atoms with Crippen LogP contribution in [-0.4, -0.2) is 34.9 Å². The van der Waals surface area contributed by atoms with E-state index in [1.807, 2.05) is 6.07 Å². The first-order chi connectivity index (χ1) is 11.6. The molecule has 4 heterocycles. The summed E-state index contributed by atoms with van der Waals surface area (Å²) in [5.41, 5.74) is 1.91. The molecule has 4 aliphatic rings. The van der Waals surface area contributed by atoms with E-state index in [1.54, 1.807) is 0 Å². The molecule has 1 unspecified atom stereocenters. The summed E-state index contributed by atoms with van der Waals surface area (Å²) in [5.74, 6) is 2.00.